The van der Waals surface area contributed by atoms with Crippen molar-refractivity contribution in [2.75, 3.05) is 31.5 Å². The van der Waals surface area contributed by atoms with E-state index in [2.05, 4.69) is 15.6 Å². The number of nitrogens with one attached hydrogen (secondary N) is 2. The summed E-state index contributed by atoms with van der Waals surface area (Å²) in [6.45, 7) is 4.68. The molecule has 0 saturated carbocycles. The van der Waals surface area contributed by atoms with Gasteiger partial charge < -0.3 is 15.5 Å². The van der Waals surface area contributed by atoms with E-state index >= 15 is 0 Å². The lowest BCUT2D eigenvalue weighted by Gasteiger charge is -2.28. The average Bonchev–Trinajstić information content (AvgIpc) is 3.07. The first kappa shape index (κ1) is 26.0. The summed E-state index contributed by atoms with van der Waals surface area (Å²) in [6, 6.07) is 1.03. The molecule has 156 valence electrons. The number of amides is 1. The van der Waals surface area contributed by atoms with Gasteiger partial charge in [-0.15, -0.1) is 24.8 Å². The Morgan fingerprint density at radius 2 is 2.15 bits per heavy atom. The number of alkyl halides is 3. The van der Waals surface area contributed by atoms with Gasteiger partial charge in [0, 0.05) is 38.3 Å². The number of aromatic nitrogens is 1. The van der Waals surface area contributed by atoms with Gasteiger partial charge in [0.15, 0.2) is 0 Å². The van der Waals surface area contributed by atoms with Crippen molar-refractivity contribution in [3.8, 4) is 0 Å². The summed E-state index contributed by atoms with van der Waals surface area (Å²) in [7, 11) is 0. The number of halogens is 6. The molecule has 1 amide bonds. The second-order valence-electron chi connectivity index (χ2n) is 5.96. The molecule has 1 aliphatic rings. The molecular formula is C16H24Cl3F3N4O. The van der Waals surface area contributed by atoms with E-state index in [4.69, 9.17) is 11.6 Å². The molecule has 1 aromatic heterocycles. The molecule has 2 heterocycles. The smallest absolute Gasteiger partial charge is 0.368 e. The van der Waals surface area contributed by atoms with Gasteiger partial charge in [0.25, 0.3) is 0 Å². The van der Waals surface area contributed by atoms with E-state index in [1.54, 1.807) is 0 Å². The number of carbonyl (C=O) groups is 1. The number of hydrogen-bond donors (Lipinski definition) is 2. The highest BCUT2D eigenvalue weighted by Gasteiger charge is 2.31. The molecule has 1 saturated heterocycles. The van der Waals surface area contributed by atoms with Crippen LogP contribution in [-0.2, 0) is 11.0 Å². The van der Waals surface area contributed by atoms with Crippen molar-refractivity contribution in [1.82, 2.24) is 15.2 Å². The quantitative estimate of drug-likeness (QED) is 0.658. The third kappa shape index (κ3) is 7.52. The van der Waals surface area contributed by atoms with Gasteiger partial charge in [-0.1, -0.05) is 18.5 Å². The van der Waals surface area contributed by atoms with Crippen molar-refractivity contribution in [1.29, 1.82) is 0 Å². The first-order valence-electron chi connectivity index (χ1n) is 8.29. The molecule has 2 rings (SSSR count). The maximum Gasteiger partial charge on any atom is 0.417 e. The highest BCUT2D eigenvalue weighted by atomic mass is 35.5. The summed E-state index contributed by atoms with van der Waals surface area (Å²) < 4.78 is 37.8. The number of pyridine rings is 1. The molecular weight excluding hydrogens is 428 g/mol. The number of rotatable bonds is 7. The second kappa shape index (κ2) is 11.8. The monoisotopic (exact) mass is 450 g/mol. The van der Waals surface area contributed by atoms with Crippen molar-refractivity contribution >= 4 is 48.1 Å². The fourth-order valence-corrected chi connectivity index (χ4v) is 3.04. The molecule has 0 radical (unpaired) electrons. The highest BCUT2D eigenvalue weighted by Crippen LogP contribution is 2.32. The van der Waals surface area contributed by atoms with Crippen LogP contribution in [0.5, 0.6) is 0 Å². The van der Waals surface area contributed by atoms with Crippen LogP contribution in [0.15, 0.2) is 12.3 Å². The SMILES string of the molecule is CCCN(C(=O)CCNc1ncc(C(F)(F)F)cc1Cl)C1CCNC1.Cl.Cl. The second-order valence-corrected chi connectivity index (χ2v) is 6.37. The number of hydrogen-bond acceptors (Lipinski definition) is 4. The average molecular weight is 452 g/mol. The summed E-state index contributed by atoms with van der Waals surface area (Å²) in [5, 5.41) is 5.96. The topological polar surface area (TPSA) is 57.3 Å². The van der Waals surface area contributed by atoms with Crippen molar-refractivity contribution in [2.24, 2.45) is 0 Å². The predicted molar refractivity (Wildman–Crippen MR) is 105 cm³/mol. The Morgan fingerprint density at radius 3 is 2.67 bits per heavy atom. The van der Waals surface area contributed by atoms with Gasteiger partial charge in [0.05, 0.1) is 10.6 Å². The molecule has 0 spiro atoms. The van der Waals surface area contributed by atoms with Gasteiger partial charge >= 0.3 is 6.18 Å². The Bertz CT molecular complexity index is 599. The summed E-state index contributed by atoms with van der Waals surface area (Å²) >= 11 is 5.84. The van der Waals surface area contributed by atoms with Crippen molar-refractivity contribution in [2.45, 2.75) is 38.4 Å². The third-order valence-corrected chi connectivity index (χ3v) is 4.35. The van der Waals surface area contributed by atoms with Crippen LogP contribution in [0, 0.1) is 0 Å². The van der Waals surface area contributed by atoms with Crippen LogP contribution in [0.4, 0.5) is 19.0 Å². The zero-order valence-electron chi connectivity index (χ0n) is 14.8. The van der Waals surface area contributed by atoms with Crippen LogP contribution in [0.3, 0.4) is 0 Å². The molecule has 1 fully saturated rings. The van der Waals surface area contributed by atoms with Crippen LogP contribution < -0.4 is 10.6 Å². The maximum atomic E-state index is 12.6. The Labute approximate surface area is 174 Å². The lowest BCUT2D eigenvalue weighted by molar-refractivity contribution is -0.137. The van der Waals surface area contributed by atoms with E-state index in [1.807, 2.05) is 11.8 Å². The van der Waals surface area contributed by atoms with Crippen molar-refractivity contribution in [3.63, 3.8) is 0 Å². The van der Waals surface area contributed by atoms with Crippen LogP contribution in [0.1, 0.15) is 31.7 Å². The summed E-state index contributed by atoms with van der Waals surface area (Å²) in [5.41, 5.74) is -0.901. The fraction of sp³-hybridized carbons (Fsp3) is 0.625. The minimum atomic E-state index is -4.49. The number of anilines is 1. The van der Waals surface area contributed by atoms with E-state index < -0.39 is 11.7 Å². The molecule has 1 atom stereocenters. The first-order chi connectivity index (χ1) is 11.8. The van der Waals surface area contributed by atoms with Crippen LogP contribution >= 0.6 is 36.4 Å². The van der Waals surface area contributed by atoms with E-state index in [0.29, 0.717) is 6.54 Å². The Kier molecular flexibility index (Phi) is 11.4. The summed E-state index contributed by atoms with van der Waals surface area (Å²) in [5.74, 6) is 0.165. The minimum Gasteiger partial charge on any atom is -0.368 e. The Morgan fingerprint density at radius 1 is 1.44 bits per heavy atom. The standard InChI is InChI=1S/C16H22ClF3N4O.2ClH/c1-2-7-24(12-3-5-21-10-12)14(25)4-6-22-15-13(17)8-11(9-23-15)16(18,19)20;;/h8-9,12,21H,2-7,10H2,1H3,(H,22,23);2*1H. The molecule has 0 aromatic carbocycles. The van der Waals surface area contributed by atoms with Gasteiger partial charge in [-0.25, -0.2) is 4.98 Å². The van der Waals surface area contributed by atoms with Gasteiger partial charge in [0.2, 0.25) is 5.91 Å². The van der Waals surface area contributed by atoms with Crippen LogP contribution in [0.25, 0.3) is 0 Å². The van der Waals surface area contributed by atoms with Crippen LogP contribution in [0.2, 0.25) is 5.02 Å². The summed E-state index contributed by atoms with van der Waals surface area (Å²) in [6.07, 6.45) is -1.71. The van der Waals surface area contributed by atoms with Gasteiger partial charge in [-0.3, -0.25) is 4.79 Å². The Balaban J connectivity index is 0.00000338. The van der Waals surface area contributed by atoms with Crippen molar-refractivity contribution in [3.05, 3.63) is 22.8 Å². The zero-order valence-corrected chi connectivity index (χ0v) is 17.2. The van der Waals surface area contributed by atoms with Gasteiger partial charge in [-0.05, 0) is 25.5 Å². The zero-order chi connectivity index (χ0) is 18.4. The van der Waals surface area contributed by atoms with Crippen molar-refractivity contribution < 1.29 is 18.0 Å². The molecule has 1 aromatic rings. The number of nitrogens with zero attached hydrogens (tertiary/aromatic N) is 2. The molecule has 0 aliphatic carbocycles. The predicted octanol–water partition coefficient (Wildman–Crippen LogP) is 4.00. The van der Waals surface area contributed by atoms with Gasteiger partial charge in [0.1, 0.15) is 5.82 Å². The molecule has 11 heteroatoms. The lowest BCUT2D eigenvalue weighted by atomic mass is 10.2. The number of carbonyl (C=O) groups excluding carboxylic acids is 1. The largest absolute Gasteiger partial charge is 0.417 e. The minimum absolute atomic E-state index is 0. The van der Waals surface area contributed by atoms with E-state index in [1.165, 1.54) is 0 Å². The van der Waals surface area contributed by atoms with Gasteiger partial charge in [-0.2, -0.15) is 13.2 Å². The maximum absolute atomic E-state index is 12.6. The molecule has 2 N–H and O–H groups in total. The molecule has 1 aliphatic heterocycles. The first-order valence-corrected chi connectivity index (χ1v) is 8.67. The lowest BCUT2D eigenvalue weighted by Crippen LogP contribution is -2.42. The fourth-order valence-electron chi connectivity index (χ4n) is 2.81. The Hall–Kier alpha value is -0.960. The molecule has 27 heavy (non-hydrogen) atoms. The normalized spacial score (nSPS) is 16.3. The van der Waals surface area contributed by atoms with E-state index in [9.17, 15) is 18.0 Å². The highest BCUT2D eigenvalue weighted by molar-refractivity contribution is 6.32. The van der Waals surface area contributed by atoms with E-state index in [-0.39, 0.29) is 60.6 Å². The molecule has 0 bridgehead atoms. The third-order valence-electron chi connectivity index (χ3n) is 4.06. The van der Waals surface area contributed by atoms with Crippen LogP contribution in [-0.4, -0.2) is 48.0 Å². The molecule has 1 unspecified atom stereocenters. The van der Waals surface area contributed by atoms with E-state index in [0.717, 1.165) is 38.2 Å². The summed E-state index contributed by atoms with van der Waals surface area (Å²) in [4.78, 5) is 18.0. The molecule has 5 nitrogen and oxygen atoms in total.